The highest BCUT2D eigenvalue weighted by Gasteiger charge is 2.15. The zero-order valence-corrected chi connectivity index (χ0v) is 16.4. The minimum Gasteiger partial charge on any atom is -0.343 e. The van der Waals surface area contributed by atoms with Gasteiger partial charge < -0.3 is 10.2 Å². The van der Waals surface area contributed by atoms with E-state index in [4.69, 9.17) is 0 Å². The Morgan fingerprint density at radius 1 is 0.833 bits per heavy atom. The molecule has 4 rings (SSSR count). The fourth-order valence-electron chi connectivity index (χ4n) is 3.14. The molecule has 6 heteroatoms. The van der Waals surface area contributed by atoms with Crippen molar-refractivity contribution in [1.29, 1.82) is 0 Å². The molecule has 1 aromatic heterocycles. The van der Waals surface area contributed by atoms with Crippen molar-refractivity contribution in [3.63, 3.8) is 0 Å². The minimum absolute atomic E-state index is 0.149. The SMILES string of the molecule is CN(c1ccccc1)c1ccccc1NC(=O)c1ccc(=O)n(-c2ccccc2)n1. The average molecular weight is 396 g/mol. The first-order chi connectivity index (χ1) is 14.6. The van der Waals surface area contributed by atoms with Crippen molar-refractivity contribution in [2.75, 3.05) is 17.3 Å². The highest BCUT2D eigenvalue weighted by atomic mass is 16.2. The summed E-state index contributed by atoms with van der Waals surface area (Å²) < 4.78 is 1.22. The third kappa shape index (κ3) is 3.98. The van der Waals surface area contributed by atoms with E-state index in [-0.39, 0.29) is 11.3 Å². The molecule has 0 saturated carbocycles. The smallest absolute Gasteiger partial charge is 0.276 e. The molecule has 1 heterocycles. The van der Waals surface area contributed by atoms with Crippen molar-refractivity contribution in [1.82, 2.24) is 9.78 Å². The number of hydrogen-bond donors (Lipinski definition) is 1. The molecule has 30 heavy (non-hydrogen) atoms. The molecule has 0 radical (unpaired) electrons. The van der Waals surface area contributed by atoms with Crippen LogP contribution in [0.2, 0.25) is 0 Å². The number of nitrogens with zero attached hydrogens (tertiary/aromatic N) is 3. The number of aromatic nitrogens is 2. The van der Waals surface area contributed by atoms with Crippen molar-refractivity contribution in [3.8, 4) is 5.69 Å². The molecule has 3 aromatic carbocycles. The van der Waals surface area contributed by atoms with Gasteiger partial charge in [-0.1, -0.05) is 48.5 Å². The second-order valence-corrected chi connectivity index (χ2v) is 6.67. The van der Waals surface area contributed by atoms with Crippen LogP contribution in [0.15, 0.2) is 102 Å². The van der Waals surface area contributed by atoms with Crippen LogP contribution in [0.4, 0.5) is 17.1 Å². The third-order valence-electron chi connectivity index (χ3n) is 4.69. The predicted octanol–water partition coefficient (Wildman–Crippen LogP) is 4.25. The van der Waals surface area contributed by atoms with Crippen LogP contribution >= 0.6 is 0 Å². The second kappa shape index (κ2) is 8.45. The summed E-state index contributed by atoms with van der Waals surface area (Å²) in [6.45, 7) is 0. The summed E-state index contributed by atoms with van der Waals surface area (Å²) in [5.74, 6) is -0.395. The number of rotatable bonds is 5. The highest BCUT2D eigenvalue weighted by Crippen LogP contribution is 2.30. The first kappa shape index (κ1) is 19.1. The van der Waals surface area contributed by atoms with Crippen LogP contribution in [-0.2, 0) is 0 Å². The van der Waals surface area contributed by atoms with Gasteiger partial charge in [0.05, 0.1) is 17.1 Å². The Bertz CT molecular complexity index is 1220. The van der Waals surface area contributed by atoms with Crippen molar-refractivity contribution in [3.05, 3.63) is 113 Å². The standard InChI is InChI=1S/C24H20N4O2/c1-27(18-10-4-2-5-11-18)22-15-9-8-14-20(22)25-24(30)21-16-17-23(29)28(26-21)19-12-6-3-7-13-19/h2-17H,1H3,(H,25,30). The quantitative estimate of drug-likeness (QED) is 0.548. The van der Waals surface area contributed by atoms with E-state index in [0.29, 0.717) is 11.4 Å². The van der Waals surface area contributed by atoms with Gasteiger partial charge in [0.2, 0.25) is 0 Å². The van der Waals surface area contributed by atoms with Gasteiger partial charge in [-0.2, -0.15) is 9.78 Å². The van der Waals surface area contributed by atoms with Gasteiger partial charge in [0.15, 0.2) is 0 Å². The molecule has 0 aliphatic heterocycles. The molecule has 0 bridgehead atoms. The maximum absolute atomic E-state index is 12.9. The summed E-state index contributed by atoms with van der Waals surface area (Å²) in [6.07, 6.45) is 0. The molecule has 0 fully saturated rings. The van der Waals surface area contributed by atoms with E-state index in [0.717, 1.165) is 11.4 Å². The van der Waals surface area contributed by atoms with Crippen LogP contribution in [0.3, 0.4) is 0 Å². The van der Waals surface area contributed by atoms with Gasteiger partial charge in [-0.25, -0.2) is 0 Å². The highest BCUT2D eigenvalue weighted by molar-refractivity contribution is 6.04. The maximum Gasteiger partial charge on any atom is 0.276 e. The van der Waals surface area contributed by atoms with Crippen molar-refractivity contribution >= 4 is 23.0 Å². The molecule has 1 N–H and O–H groups in total. The summed E-state index contributed by atoms with van der Waals surface area (Å²) in [7, 11) is 1.94. The summed E-state index contributed by atoms with van der Waals surface area (Å²) in [6, 6.07) is 29.2. The van der Waals surface area contributed by atoms with E-state index in [1.165, 1.54) is 16.8 Å². The van der Waals surface area contributed by atoms with Gasteiger partial charge >= 0.3 is 0 Å². The molecule has 148 valence electrons. The van der Waals surface area contributed by atoms with Gasteiger partial charge in [-0.3, -0.25) is 9.59 Å². The number of hydrogen-bond acceptors (Lipinski definition) is 4. The molecule has 0 saturated heterocycles. The lowest BCUT2D eigenvalue weighted by Gasteiger charge is -2.22. The lowest BCUT2D eigenvalue weighted by atomic mass is 10.2. The van der Waals surface area contributed by atoms with Gasteiger partial charge in [0, 0.05) is 18.8 Å². The predicted molar refractivity (Wildman–Crippen MR) is 119 cm³/mol. The molecule has 4 aromatic rings. The fourth-order valence-corrected chi connectivity index (χ4v) is 3.14. The molecule has 0 atom stereocenters. The monoisotopic (exact) mass is 396 g/mol. The van der Waals surface area contributed by atoms with Gasteiger partial charge in [-0.15, -0.1) is 0 Å². The van der Waals surface area contributed by atoms with E-state index in [1.807, 2.05) is 84.7 Å². The van der Waals surface area contributed by atoms with Gasteiger partial charge in [0.1, 0.15) is 5.69 Å². The average Bonchev–Trinajstić information content (AvgIpc) is 2.80. The summed E-state index contributed by atoms with van der Waals surface area (Å²) in [5, 5.41) is 7.17. The summed E-state index contributed by atoms with van der Waals surface area (Å²) in [5.41, 5.74) is 2.93. The molecule has 0 unspecified atom stereocenters. The molecule has 0 spiro atoms. The van der Waals surface area contributed by atoms with Crippen LogP contribution < -0.4 is 15.8 Å². The summed E-state index contributed by atoms with van der Waals surface area (Å²) in [4.78, 5) is 27.1. The number of anilines is 3. The maximum atomic E-state index is 12.9. The Kier molecular flexibility index (Phi) is 5.39. The number of carbonyl (C=O) groups is 1. The first-order valence-electron chi connectivity index (χ1n) is 9.48. The van der Waals surface area contributed by atoms with E-state index in [2.05, 4.69) is 10.4 Å². The van der Waals surface area contributed by atoms with Crippen molar-refractivity contribution in [2.45, 2.75) is 0 Å². The Hall–Kier alpha value is -4.19. The molecule has 0 aliphatic carbocycles. The van der Waals surface area contributed by atoms with Crippen LogP contribution in [0.25, 0.3) is 5.69 Å². The number of nitrogens with one attached hydrogen (secondary N) is 1. The molecular formula is C24H20N4O2. The Morgan fingerprint density at radius 3 is 2.20 bits per heavy atom. The van der Waals surface area contributed by atoms with E-state index < -0.39 is 5.91 Å². The third-order valence-corrected chi connectivity index (χ3v) is 4.69. The second-order valence-electron chi connectivity index (χ2n) is 6.67. The summed E-state index contributed by atoms with van der Waals surface area (Å²) >= 11 is 0. The molecule has 1 amide bonds. The first-order valence-corrected chi connectivity index (χ1v) is 9.48. The molecule has 6 nitrogen and oxygen atoms in total. The van der Waals surface area contributed by atoms with Gasteiger partial charge in [-0.05, 0) is 42.5 Å². The molecular weight excluding hydrogens is 376 g/mol. The number of benzene rings is 3. The topological polar surface area (TPSA) is 67.2 Å². The van der Waals surface area contributed by atoms with E-state index in [1.54, 1.807) is 12.1 Å². The van der Waals surface area contributed by atoms with E-state index in [9.17, 15) is 9.59 Å². The molecule has 0 aliphatic rings. The number of carbonyl (C=O) groups excluding carboxylic acids is 1. The normalized spacial score (nSPS) is 10.4. The zero-order chi connectivity index (χ0) is 20.9. The minimum atomic E-state index is -0.395. The van der Waals surface area contributed by atoms with Crippen LogP contribution in [0, 0.1) is 0 Å². The van der Waals surface area contributed by atoms with Crippen molar-refractivity contribution in [2.24, 2.45) is 0 Å². The number of para-hydroxylation sites is 4. The Balaban J connectivity index is 1.64. The van der Waals surface area contributed by atoms with Crippen molar-refractivity contribution < 1.29 is 4.79 Å². The van der Waals surface area contributed by atoms with E-state index >= 15 is 0 Å². The fraction of sp³-hybridized carbons (Fsp3) is 0.0417. The van der Waals surface area contributed by atoms with Crippen LogP contribution in [0.1, 0.15) is 10.5 Å². The Morgan fingerprint density at radius 2 is 1.47 bits per heavy atom. The largest absolute Gasteiger partial charge is 0.343 e. The van der Waals surface area contributed by atoms with Gasteiger partial charge in [0.25, 0.3) is 11.5 Å². The Labute approximate surface area is 174 Å². The lowest BCUT2D eigenvalue weighted by molar-refractivity contribution is 0.102. The van der Waals surface area contributed by atoms with Crippen LogP contribution in [0.5, 0.6) is 0 Å². The zero-order valence-electron chi connectivity index (χ0n) is 16.4. The number of amides is 1. The van der Waals surface area contributed by atoms with Crippen LogP contribution in [-0.4, -0.2) is 22.7 Å². The lowest BCUT2D eigenvalue weighted by Crippen LogP contribution is -2.25.